The standard InChI is InChI=1S/C37H35N3O4/c41-35(33(29-18-9-3-10-19-29)30-20-11-4-12-21-30)31-22-13-23-40(31)37(43)34-36(42)32(44-26-28-16-7-2-8-17-28)25-39(38-34)24-27-14-5-1-6-15-27/h1-12,14-21,25,31,33,35,41H,13,22-24,26H2/t31?,35-/m0/s1. The highest BCUT2D eigenvalue weighted by atomic mass is 16.5. The van der Waals surface area contributed by atoms with E-state index in [0.29, 0.717) is 25.9 Å². The van der Waals surface area contributed by atoms with Gasteiger partial charge in [0.25, 0.3) is 11.3 Å². The van der Waals surface area contributed by atoms with Gasteiger partial charge >= 0.3 is 0 Å². The number of carbonyl (C=O) groups excluding carboxylic acids is 1. The van der Waals surface area contributed by atoms with Gasteiger partial charge in [-0.1, -0.05) is 121 Å². The molecule has 2 heterocycles. The Morgan fingerprint density at radius 1 is 0.818 bits per heavy atom. The molecule has 2 atom stereocenters. The number of rotatable bonds is 10. The molecule has 222 valence electrons. The van der Waals surface area contributed by atoms with Crippen LogP contribution < -0.4 is 10.2 Å². The van der Waals surface area contributed by atoms with Crippen LogP contribution in [-0.2, 0) is 13.2 Å². The van der Waals surface area contributed by atoms with Crippen LogP contribution in [0.25, 0.3) is 0 Å². The van der Waals surface area contributed by atoms with Crippen molar-refractivity contribution in [2.75, 3.05) is 6.54 Å². The van der Waals surface area contributed by atoms with E-state index >= 15 is 0 Å². The van der Waals surface area contributed by atoms with Crippen molar-refractivity contribution < 1.29 is 14.6 Å². The highest BCUT2D eigenvalue weighted by molar-refractivity contribution is 5.93. The highest BCUT2D eigenvalue weighted by Gasteiger charge is 2.40. The Bertz CT molecular complexity index is 1690. The molecule has 4 aromatic carbocycles. The van der Waals surface area contributed by atoms with E-state index in [4.69, 9.17) is 4.74 Å². The van der Waals surface area contributed by atoms with Gasteiger partial charge in [-0.3, -0.25) is 14.3 Å². The number of ether oxygens (including phenoxy) is 1. The van der Waals surface area contributed by atoms with E-state index in [9.17, 15) is 14.7 Å². The van der Waals surface area contributed by atoms with Crippen LogP contribution in [0.4, 0.5) is 0 Å². The van der Waals surface area contributed by atoms with E-state index in [-0.39, 0.29) is 24.0 Å². The van der Waals surface area contributed by atoms with Crippen LogP contribution >= 0.6 is 0 Å². The van der Waals surface area contributed by atoms with Crippen LogP contribution in [0.1, 0.15) is 51.5 Å². The number of likely N-dealkylation sites (tertiary alicyclic amines) is 1. The maximum atomic E-state index is 14.2. The second-order valence-electron chi connectivity index (χ2n) is 11.1. The fourth-order valence-electron chi connectivity index (χ4n) is 6.01. The normalized spacial score (nSPS) is 15.3. The van der Waals surface area contributed by atoms with Crippen molar-refractivity contribution in [1.82, 2.24) is 14.7 Å². The predicted octanol–water partition coefficient (Wildman–Crippen LogP) is 5.67. The summed E-state index contributed by atoms with van der Waals surface area (Å²) >= 11 is 0. The molecule has 0 saturated carbocycles. The first kappa shape index (κ1) is 29.1. The zero-order valence-electron chi connectivity index (χ0n) is 24.4. The predicted molar refractivity (Wildman–Crippen MR) is 170 cm³/mol. The van der Waals surface area contributed by atoms with Gasteiger partial charge in [-0.05, 0) is 35.1 Å². The van der Waals surface area contributed by atoms with Crippen molar-refractivity contribution in [3.05, 3.63) is 166 Å². The van der Waals surface area contributed by atoms with Gasteiger partial charge in [-0.2, -0.15) is 5.10 Å². The lowest BCUT2D eigenvalue weighted by Crippen LogP contribution is -2.47. The molecule has 1 aromatic heterocycles. The van der Waals surface area contributed by atoms with Crippen molar-refractivity contribution in [3.63, 3.8) is 0 Å². The Morgan fingerprint density at radius 2 is 1.36 bits per heavy atom. The summed E-state index contributed by atoms with van der Waals surface area (Å²) in [6.07, 6.45) is 2.00. The third-order valence-corrected chi connectivity index (χ3v) is 8.17. The molecule has 0 aliphatic carbocycles. The Balaban J connectivity index is 1.33. The molecule has 0 radical (unpaired) electrons. The first-order valence-corrected chi connectivity index (χ1v) is 15.0. The van der Waals surface area contributed by atoms with Gasteiger partial charge in [0.2, 0.25) is 0 Å². The van der Waals surface area contributed by atoms with Crippen LogP contribution in [0.2, 0.25) is 0 Å². The zero-order chi connectivity index (χ0) is 30.3. The van der Waals surface area contributed by atoms with E-state index in [2.05, 4.69) is 5.10 Å². The number of aromatic nitrogens is 2. The second kappa shape index (κ2) is 13.5. The number of benzene rings is 4. The van der Waals surface area contributed by atoms with Crippen LogP contribution in [0.3, 0.4) is 0 Å². The number of aliphatic hydroxyl groups excluding tert-OH is 1. The molecule has 5 aromatic rings. The smallest absolute Gasteiger partial charge is 0.278 e. The molecule has 1 aliphatic heterocycles. The quantitative estimate of drug-likeness (QED) is 0.228. The number of nitrogens with zero attached hydrogens (tertiary/aromatic N) is 3. The summed E-state index contributed by atoms with van der Waals surface area (Å²) in [6.45, 7) is 0.963. The van der Waals surface area contributed by atoms with Crippen LogP contribution in [0.15, 0.2) is 132 Å². The summed E-state index contributed by atoms with van der Waals surface area (Å²) in [4.78, 5) is 29.6. The lowest BCUT2D eigenvalue weighted by molar-refractivity contribution is 0.0429. The minimum absolute atomic E-state index is 0.0610. The summed E-state index contributed by atoms with van der Waals surface area (Å²) in [5, 5.41) is 16.5. The van der Waals surface area contributed by atoms with Crippen molar-refractivity contribution in [2.45, 2.75) is 44.1 Å². The summed E-state index contributed by atoms with van der Waals surface area (Å²) in [5.74, 6) is -0.784. The number of hydrogen-bond acceptors (Lipinski definition) is 5. The van der Waals surface area contributed by atoms with Crippen molar-refractivity contribution >= 4 is 5.91 Å². The van der Waals surface area contributed by atoms with E-state index < -0.39 is 23.5 Å². The third-order valence-electron chi connectivity index (χ3n) is 8.17. The summed E-state index contributed by atoms with van der Waals surface area (Å²) < 4.78 is 7.58. The first-order valence-electron chi connectivity index (χ1n) is 15.0. The number of hydrogen-bond donors (Lipinski definition) is 1. The van der Waals surface area contributed by atoms with E-state index in [0.717, 1.165) is 22.3 Å². The SMILES string of the molecule is O=C(c1nn(Cc2ccccc2)cc(OCc2ccccc2)c1=O)N1CCCC1[C@H](O)C(c1ccccc1)c1ccccc1. The summed E-state index contributed by atoms with van der Waals surface area (Å²) in [7, 11) is 0. The maximum absolute atomic E-state index is 14.2. The molecule has 0 bridgehead atoms. The number of aliphatic hydroxyl groups is 1. The lowest BCUT2D eigenvalue weighted by Gasteiger charge is -2.34. The molecule has 1 fully saturated rings. The Morgan fingerprint density at radius 3 is 1.95 bits per heavy atom. The molecule has 44 heavy (non-hydrogen) atoms. The van der Waals surface area contributed by atoms with Gasteiger partial charge < -0.3 is 14.7 Å². The molecule has 1 aliphatic rings. The van der Waals surface area contributed by atoms with Crippen LogP contribution in [0.5, 0.6) is 5.75 Å². The van der Waals surface area contributed by atoms with Gasteiger partial charge in [0.1, 0.15) is 6.61 Å². The molecule has 1 saturated heterocycles. The minimum atomic E-state index is -0.893. The van der Waals surface area contributed by atoms with Crippen molar-refractivity contribution in [3.8, 4) is 5.75 Å². The van der Waals surface area contributed by atoms with Gasteiger partial charge in [0, 0.05) is 12.5 Å². The summed E-state index contributed by atoms with van der Waals surface area (Å²) in [5.41, 5.74) is 3.04. The first-order chi connectivity index (χ1) is 21.6. The fourth-order valence-corrected chi connectivity index (χ4v) is 6.01. The van der Waals surface area contributed by atoms with Gasteiger partial charge in [0.15, 0.2) is 11.4 Å². The molecule has 7 nitrogen and oxygen atoms in total. The number of carbonyl (C=O) groups is 1. The largest absolute Gasteiger partial charge is 0.483 e. The minimum Gasteiger partial charge on any atom is -0.483 e. The second-order valence-corrected chi connectivity index (χ2v) is 11.1. The summed E-state index contributed by atoms with van der Waals surface area (Å²) in [6, 6.07) is 38.5. The third kappa shape index (κ3) is 6.48. The fraction of sp³-hybridized carbons (Fsp3) is 0.216. The van der Waals surface area contributed by atoms with Gasteiger partial charge in [-0.25, -0.2) is 0 Å². The van der Waals surface area contributed by atoms with E-state index in [1.807, 2.05) is 121 Å². The molecule has 6 rings (SSSR count). The molecule has 1 unspecified atom stereocenters. The van der Waals surface area contributed by atoms with E-state index in [1.54, 1.807) is 15.8 Å². The number of amides is 1. The van der Waals surface area contributed by atoms with E-state index in [1.165, 1.54) is 0 Å². The molecule has 0 spiro atoms. The molecular weight excluding hydrogens is 550 g/mol. The molecule has 1 N–H and O–H groups in total. The zero-order valence-corrected chi connectivity index (χ0v) is 24.4. The topological polar surface area (TPSA) is 84.7 Å². The molecular formula is C37H35N3O4. The molecule has 1 amide bonds. The average Bonchev–Trinajstić information content (AvgIpc) is 3.57. The van der Waals surface area contributed by atoms with Gasteiger partial charge in [0.05, 0.1) is 24.9 Å². The van der Waals surface area contributed by atoms with Gasteiger partial charge in [-0.15, -0.1) is 0 Å². The Kier molecular flexibility index (Phi) is 8.94. The average molecular weight is 586 g/mol. The molecule has 7 heteroatoms. The van der Waals surface area contributed by atoms with Crippen molar-refractivity contribution in [2.24, 2.45) is 0 Å². The Labute approximate surface area is 257 Å². The van der Waals surface area contributed by atoms with Crippen molar-refractivity contribution in [1.29, 1.82) is 0 Å². The van der Waals surface area contributed by atoms with Crippen LogP contribution in [0, 0.1) is 0 Å². The lowest BCUT2D eigenvalue weighted by atomic mass is 9.83. The maximum Gasteiger partial charge on any atom is 0.278 e. The highest BCUT2D eigenvalue weighted by Crippen LogP contribution is 2.35. The van der Waals surface area contributed by atoms with Crippen LogP contribution in [-0.4, -0.2) is 44.4 Å². The Hall–Kier alpha value is -5.01. The monoisotopic (exact) mass is 585 g/mol.